The molecule has 0 bridgehead atoms. The molecule has 2 rings (SSSR count). The van der Waals surface area contributed by atoms with E-state index in [2.05, 4.69) is 17.9 Å². The number of nitrogens with zero attached hydrogens (tertiary/aromatic N) is 1. The second-order valence-electron chi connectivity index (χ2n) is 6.01. The van der Waals surface area contributed by atoms with Crippen LogP contribution in [0.15, 0.2) is 18.2 Å². The Bertz CT molecular complexity index is 448. The normalized spacial score (nSPS) is 19.0. The highest BCUT2D eigenvalue weighted by Crippen LogP contribution is 2.29. The fourth-order valence-corrected chi connectivity index (χ4v) is 2.72. The summed E-state index contributed by atoms with van der Waals surface area (Å²) in [7, 11) is 0. The van der Waals surface area contributed by atoms with Crippen molar-refractivity contribution in [2.24, 2.45) is 0 Å². The number of nitrogens with two attached hydrogens (primary N) is 1. The Labute approximate surface area is 128 Å². The van der Waals surface area contributed by atoms with E-state index in [1.807, 2.05) is 26.0 Å². The molecule has 1 heterocycles. The third-order valence-electron chi connectivity index (χ3n) is 3.59. The van der Waals surface area contributed by atoms with Crippen molar-refractivity contribution in [3.63, 3.8) is 0 Å². The van der Waals surface area contributed by atoms with E-state index in [1.54, 1.807) is 0 Å². The molecule has 0 radical (unpaired) electrons. The molecule has 2 N–H and O–H groups in total. The van der Waals surface area contributed by atoms with Gasteiger partial charge in [-0.15, -0.1) is 0 Å². The molecule has 118 valence electrons. The summed E-state index contributed by atoms with van der Waals surface area (Å²) in [5.41, 5.74) is 7.90. The van der Waals surface area contributed by atoms with Gasteiger partial charge in [-0.2, -0.15) is 0 Å². The van der Waals surface area contributed by atoms with Crippen molar-refractivity contribution in [1.82, 2.24) is 0 Å². The summed E-state index contributed by atoms with van der Waals surface area (Å²) in [5.74, 6) is 0.844. The first-order chi connectivity index (χ1) is 10.1. The van der Waals surface area contributed by atoms with Gasteiger partial charge in [0, 0.05) is 43.2 Å². The van der Waals surface area contributed by atoms with Crippen molar-refractivity contribution in [2.45, 2.75) is 52.2 Å². The Morgan fingerprint density at radius 2 is 2.14 bits per heavy atom. The molecule has 21 heavy (non-hydrogen) atoms. The Hall–Kier alpha value is -1.42. The highest BCUT2D eigenvalue weighted by atomic mass is 16.5. The first kappa shape index (κ1) is 16.0. The van der Waals surface area contributed by atoms with E-state index < -0.39 is 0 Å². The average Bonchev–Trinajstić information content (AvgIpc) is 2.44. The van der Waals surface area contributed by atoms with Gasteiger partial charge in [0.1, 0.15) is 5.75 Å². The topological polar surface area (TPSA) is 47.7 Å². The molecule has 0 spiro atoms. The molecule has 1 saturated heterocycles. The van der Waals surface area contributed by atoms with Crippen molar-refractivity contribution in [3.05, 3.63) is 18.2 Å². The van der Waals surface area contributed by atoms with Crippen LogP contribution in [-0.4, -0.2) is 31.9 Å². The Balaban J connectivity index is 2.07. The highest BCUT2D eigenvalue weighted by molar-refractivity contribution is 5.60. The average molecular weight is 292 g/mol. The van der Waals surface area contributed by atoms with Gasteiger partial charge in [-0.3, -0.25) is 0 Å². The van der Waals surface area contributed by atoms with Crippen molar-refractivity contribution in [3.8, 4) is 5.75 Å². The van der Waals surface area contributed by atoms with Crippen LogP contribution in [0.1, 0.15) is 40.0 Å². The number of hydrogen-bond acceptors (Lipinski definition) is 4. The van der Waals surface area contributed by atoms with Crippen molar-refractivity contribution < 1.29 is 9.47 Å². The van der Waals surface area contributed by atoms with E-state index in [1.165, 1.54) is 0 Å². The largest absolute Gasteiger partial charge is 0.491 e. The van der Waals surface area contributed by atoms with Gasteiger partial charge in [0.2, 0.25) is 0 Å². The summed E-state index contributed by atoms with van der Waals surface area (Å²) in [6.07, 6.45) is 3.86. The molecule has 1 aromatic carbocycles. The molecule has 4 heteroatoms. The van der Waals surface area contributed by atoms with E-state index in [0.29, 0.717) is 6.10 Å². The van der Waals surface area contributed by atoms with E-state index >= 15 is 0 Å². The van der Waals surface area contributed by atoms with Crippen LogP contribution in [0.2, 0.25) is 0 Å². The molecule has 1 fully saturated rings. The number of rotatable bonds is 6. The van der Waals surface area contributed by atoms with Crippen LogP contribution in [0.4, 0.5) is 11.4 Å². The standard InChI is InChI=1S/C17H28N2O2/c1-4-8-20-16-6-5-7-19(12-16)15-9-14(18)10-17(11-15)21-13(2)3/h9-11,13,16H,4-8,12,18H2,1-3H3. The predicted octanol–water partition coefficient (Wildman–Crippen LogP) is 3.45. The monoisotopic (exact) mass is 292 g/mol. The zero-order chi connectivity index (χ0) is 15.2. The van der Waals surface area contributed by atoms with Crippen molar-refractivity contribution >= 4 is 11.4 Å². The number of benzene rings is 1. The van der Waals surface area contributed by atoms with Crippen molar-refractivity contribution in [1.29, 1.82) is 0 Å². The van der Waals surface area contributed by atoms with Crippen LogP contribution in [-0.2, 0) is 4.74 Å². The molecule has 1 aliphatic heterocycles. The van der Waals surface area contributed by atoms with Gasteiger partial charge >= 0.3 is 0 Å². The van der Waals surface area contributed by atoms with Crippen LogP contribution < -0.4 is 15.4 Å². The number of nitrogen functional groups attached to an aromatic ring is 1. The van der Waals surface area contributed by atoms with Crippen LogP contribution in [0.25, 0.3) is 0 Å². The minimum absolute atomic E-state index is 0.154. The molecule has 0 amide bonds. The zero-order valence-corrected chi connectivity index (χ0v) is 13.5. The Morgan fingerprint density at radius 1 is 1.33 bits per heavy atom. The van der Waals surface area contributed by atoms with Gasteiger partial charge in [-0.05, 0) is 39.2 Å². The zero-order valence-electron chi connectivity index (χ0n) is 13.5. The predicted molar refractivity (Wildman–Crippen MR) is 88.1 cm³/mol. The number of anilines is 2. The van der Waals surface area contributed by atoms with E-state index in [4.69, 9.17) is 15.2 Å². The lowest BCUT2D eigenvalue weighted by Crippen LogP contribution is -2.39. The molecule has 1 aromatic rings. The third kappa shape index (κ3) is 4.81. The number of piperidine rings is 1. The SMILES string of the molecule is CCCOC1CCCN(c2cc(N)cc(OC(C)C)c2)C1. The lowest BCUT2D eigenvalue weighted by Gasteiger charge is -2.34. The minimum atomic E-state index is 0.154. The van der Waals surface area contributed by atoms with Gasteiger partial charge in [0.05, 0.1) is 12.2 Å². The Morgan fingerprint density at radius 3 is 2.86 bits per heavy atom. The van der Waals surface area contributed by atoms with Gasteiger partial charge in [-0.1, -0.05) is 6.92 Å². The van der Waals surface area contributed by atoms with E-state index in [-0.39, 0.29) is 6.10 Å². The molecule has 0 saturated carbocycles. The molecule has 1 aliphatic rings. The summed E-state index contributed by atoms with van der Waals surface area (Å²) in [4.78, 5) is 2.35. The molecular formula is C17H28N2O2. The molecule has 0 aliphatic carbocycles. The molecule has 0 aromatic heterocycles. The van der Waals surface area contributed by atoms with Gasteiger partial charge in [0.15, 0.2) is 0 Å². The number of hydrogen-bond donors (Lipinski definition) is 1. The molecule has 1 unspecified atom stereocenters. The van der Waals surface area contributed by atoms with Crippen LogP contribution in [0.3, 0.4) is 0 Å². The second-order valence-corrected chi connectivity index (χ2v) is 6.01. The second kappa shape index (κ2) is 7.55. The molecular weight excluding hydrogens is 264 g/mol. The highest BCUT2D eigenvalue weighted by Gasteiger charge is 2.21. The summed E-state index contributed by atoms with van der Waals surface area (Å²) in [6, 6.07) is 5.99. The third-order valence-corrected chi connectivity index (χ3v) is 3.59. The quantitative estimate of drug-likeness (QED) is 0.816. The van der Waals surface area contributed by atoms with Gasteiger partial charge in [0.25, 0.3) is 0 Å². The van der Waals surface area contributed by atoms with Crippen LogP contribution >= 0.6 is 0 Å². The lowest BCUT2D eigenvalue weighted by molar-refractivity contribution is 0.0440. The summed E-state index contributed by atoms with van der Waals surface area (Å²) in [5, 5.41) is 0. The maximum atomic E-state index is 6.02. The summed E-state index contributed by atoms with van der Waals surface area (Å²) in [6.45, 7) is 9.03. The minimum Gasteiger partial charge on any atom is -0.491 e. The molecule has 4 nitrogen and oxygen atoms in total. The van der Waals surface area contributed by atoms with E-state index in [0.717, 1.165) is 56.1 Å². The smallest absolute Gasteiger partial charge is 0.123 e. The van der Waals surface area contributed by atoms with Crippen LogP contribution in [0, 0.1) is 0 Å². The van der Waals surface area contributed by atoms with Crippen molar-refractivity contribution in [2.75, 3.05) is 30.3 Å². The molecule has 1 atom stereocenters. The fraction of sp³-hybridized carbons (Fsp3) is 0.647. The lowest BCUT2D eigenvalue weighted by atomic mass is 10.1. The van der Waals surface area contributed by atoms with Gasteiger partial charge < -0.3 is 20.1 Å². The van der Waals surface area contributed by atoms with Crippen LogP contribution in [0.5, 0.6) is 5.75 Å². The van der Waals surface area contributed by atoms with E-state index in [9.17, 15) is 0 Å². The summed E-state index contributed by atoms with van der Waals surface area (Å²) < 4.78 is 11.7. The number of ether oxygens (including phenoxy) is 2. The maximum Gasteiger partial charge on any atom is 0.123 e. The fourth-order valence-electron chi connectivity index (χ4n) is 2.72. The van der Waals surface area contributed by atoms with Gasteiger partial charge in [-0.25, -0.2) is 0 Å². The first-order valence-corrected chi connectivity index (χ1v) is 8.02. The maximum absolute atomic E-state index is 6.02. The Kier molecular flexibility index (Phi) is 5.74. The first-order valence-electron chi connectivity index (χ1n) is 8.02. The summed E-state index contributed by atoms with van der Waals surface area (Å²) >= 11 is 0.